The minimum Gasteiger partial charge on any atom is -0.130 e. The van der Waals surface area contributed by atoms with E-state index in [0.29, 0.717) is 5.88 Å². The maximum absolute atomic E-state index is 5.98. The van der Waals surface area contributed by atoms with Crippen LogP contribution in [0.5, 0.6) is 0 Å². The zero-order valence-electron chi connectivity index (χ0n) is 7.51. The highest BCUT2D eigenvalue weighted by Gasteiger charge is 2.06. The summed E-state index contributed by atoms with van der Waals surface area (Å²) < 4.78 is 2.03. The molecule has 0 spiro atoms. The quantitative estimate of drug-likeness (QED) is 0.541. The molecular formula is C10H8Cl2S2. The Hall–Kier alpha value is 0.110. The van der Waals surface area contributed by atoms with E-state index in [0.717, 1.165) is 4.34 Å². The summed E-state index contributed by atoms with van der Waals surface area (Å²) in [5.41, 5.74) is 1.17. The van der Waals surface area contributed by atoms with Crippen molar-refractivity contribution in [2.45, 2.75) is 10.8 Å². The van der Waals surface area contributed by atoms with Crippen molar-refractivity contribution < 1.29 is 0 Å². The summed E-state index contributed by atoms with van der Waals surface area (Å²) >= 11 is 15.2. The molecule has 74 valence electrons. The minimum absolute atomic E-state index is 0.543. The molecule has 0 aliphatic carbocycles. The van der Waals surface area contributed by atoms with Gasteiger partial charge in [0.05, 0.1) is 4.34 Å². The van der Waals surface area contributed by atoms with Crippen molar-refractivity contribution in [3.63, 3.8) is 0 Å². The van der Waals surface area contributed by atoms with E-state index < -0.39 is 0 Å². The van der Waals surface area contributed by atoms with Gasteiger partial charge in [-0.3, -0.25) is 0 Å². The van der Waals surface area contributed by atoms with Gasteiger partial charge in [-0.2, -0.15) is 0 Å². The summed E-state index contributed by atoms with van der Waals surface area (Å²) in [5, 5.41) is 1.20. The number of thiophene rings is 1. The highest BCUT2D eigenvalue weighted by molar-refractivity contribution is 7.98. The van der Waals surface area contributed by atoms with Crippen LogP contribution in [0.3, 0.4) is 0 Å². The summed E-state index contributed by atoms with van der Waals surface area (Å²) in [5.74, 6) is 0.543. The second kappa shape index (κ2) is 4.31. The zero-order chi connectivity index (χ0) is 10.1. The van der Waals surface area contributed by atoms with Crippen LogP contribution in [0, 0.1) is 0 Å². The maximum Gasteiger partial charge on any atom is 0.0940 e. The van der Waals surface area contributed by atoms with Gasteiger partial charge in [0.1, 0.15) is 0 Å². The van der Waals surface area contributed by atoms with Gasteiger partial charge in [-0.1, -0.05) is 11.6 Å². The molecule has 0 fully saturated rings. The zero-order valence-corrected chi connectivity index (χ0v) is 10.7. The second-order valence-electron chi connectivity index (χ2n) is 2.89. The van der Waals surface area contributed by atoms with E-state index in [-0.39, 0.29) is 0 Å². The van der Waals surface area contributed by atoms with Crippen molar-refractivity contribution in [3.05, 3.63) is 28.1 Å². The van der Waals surface area contributed by atoms with Gasteiger partial charge in [0.2, 0.25) is 0 Å². The number of halogens is 2. The first-order valence-corrected chi connectivity index (χ1v) is 7.02. The van der Waals surface area contributed by atoms with Crippen molar-refractivity contribution in [2.75, 3.05) is 6.26 Å². The lowest BCUT2D eigenvalue weighted by atomic mass is 10.2. The Balaban J connectivity index is 2.72. The normalized spacial score (nSPS) is 11.1. The molecule has 1 aromatic carbocycles. The fourth-order valence-corrected chi connectivity index (χ4v) is 3.40. The van der Waals surface area contributed by atoms with Gasteiger partial charge in [-0.05, 0) is 35.4 Å². The molecule has 0 atom stereocenters. The Labute approximate surface area is 101 Å². The van der Waals surface area contributed by atoms with E-state index in [1.165, 1.54) is 20.5 Å². The van der Waals surface area contributed by atoms with Crippen LogP contribution < -0.4 is 0 Å². The topological polar surface area (TPSA) is 0 Å². The SMILES string of the molecule is CSc1cc(CCl)c2sc(Cl)cc2c1. The van der Waals surface area contributed by atoms with Gasteiger partial charge in [0, 0.05) is 15.5 Å². The van der Waals surface area contributed by atoms with Crippen LogP contribution in [0.1, 0.15) is 5.56 Å². The Morgan fingerprint density at radius 1 is 1.36 bits per heavy atom. The van der Waals surface area contributed by atoms with E-state index in [2.05, 4.69) is 18.4 Å². The van der Waals surface area contributed by atoms with E-state index >= 15 is 0 Å². The molecule has 0 saturated heterocycles. The Morgan fingerprint density at radius 3 is 2.79 bits per heavy atom. The monoisotopic (exact) mass is 262 g/mol. The van der Waals surface area contributed by atoms with Crippen LogP contribution in [0.25, 0.3) is 10.1 Å². The molecular weight excluding hydrogens is 255 g/mol. The third-order valence-electron chi connectivity index (χ3n) is 2.02. The van der Waals surface area contributed by atoms with E-state index in [1.807, 2.05) is 6.07 Å². The molecule has 0 radical (unpaired) electrons. The van der Waals surface area contributed by atoms with Crippen LogP contribution in [-0.2, 0) is 5.88 Å². The molecule has 2 aromatic rings. The van der Waals surface area contributed by atoms with Gasteiger partial charge in [0.15, 0.2) is 0 Å². The van der Waals surface area contributed by atoms with Crippen LogP contribution in [-0.4, -0.2) is 6.26 Å². The highest BCUT2D eigenvalue weighted by atomic mass is 35.5. The molecule has 2 rings (SSSR count). The number of alkyl halides is 1. The van der Waals surface area contributed by atoms with Gasteiger partial charge in [0.25, 0.3) is 0 Å². The van der Waals surface area contributed by atoms with Gasteiger partial charge in [-0.25, -0.2) is 0 Å². The van der Waals surface area contributed by atoms with Crippen molar-refractivity contribution in [3.8, 4) is 0 Å². The molecule has 0 aliphatic heterocycles. The van der Waals surface area contributed by atoms with E-state index in [1.54, 1.807) is 23.1 Å². The van der Waals surface area contributed by atoms with Crippen LogP contribution in [0.4, 0.5) is 0 Å². The van der Waals surface area contributed by atoms with Crippen LogP contribution >= 0.6 is 46.3 Å². The van der Waals surface area contributed by atoms with Crippen molar-refractivity contribution >= 4 is 56.4 Å². The summed E-state index contributed by atoms with van der Waals surface area (Å²) in [6.45, 7) is 0. The third-order valence-corrected chi connectivity index (χ3v) is 4.37. The molecule has 1 aromatic heterocycles. The van der Waals surface area contributed by atoms with Gasteiger partial charge in [-0.15, -0.1) is 34.7 Å². The molecule has 0 amide bonds. The number of benzene rings is 1. The number of hydrogen-bond donors (Lipinski definition) is 0. The molecule has 14 heavy (non-hydrogen) atoms. The molecule has 0 aliphatic rings. The lowest BCUT2D eigenvalue weighted by Crippen LogP contribution is -1.79. The molecule has 0 saturated carbocycles. The lowest BCUT2D eigenvalue weighted by Gasteiger charge is -2.01. The maximum atomic E-state index is 5.98. The number of hydrogen-bond acceptors (Lipinski definition) is 2. The van der Waals surface area contributed by atoms with Crippen molar-refractivity contribution in [1.29, 1.82) is 0 Å². The second-order valence-corrected chi connectivity index (χ2v) is 5.72. The lowest BCUT2D eigenvalue weighted by molar-refractivity contribution is 1.39. The summed E-state index contributed by atoms with van der Waals surface area (Å²) in [6.07, 6.45) is 2.06. The molecule has 0 nitrogen and oxygen atoms in total. The first kappa shape index (κ1) is 10.6. The molecule has 0 bridgehead atoms. The van der Waals surface area contributed by atoms with Crippen molar-refractivity contribution in [2.24, 2.45) is 0 Å². The minimum atomic E-state index is 0.543. The van der Waals surface area contributed by atoms with E-state index in [4.69, 9.17) is 23.2 Å². The predicted octanol–water partition coefficient (Wildman–Crippen LogP) is 5.02. The number of thioether (sulfide) groups is 1. The molecule has 1 heterocycles. The first-order chi connectivity index (χ1) is 6.74. The number of rotatable bonds is 2. The molecule has 0 unspecified atom stereocenters. The van der Waals surface area contributed by atoms with E-state index in [9.17, 15) is 0 Å². The Kier molecular flexibility index (Phi) is 3.27. The predicted molar refractivity (Wildman–Crippen MR) is 68.2 cm³/mol. The number of fused-ring (bicyclic) bond motifs is 1. The fraction of sp³-hybridized carbons (Fsp3) is 0.200. The first-order valence-electron chi connectivity index (χ1n) is 4.06. The van der Waals surface area contributed by atoms with Gasteiger partial charge < -0.3 is 0 Å². The third kappa shape index (κ3) is 1.89. The highest BCUT2D eigenvalue weighted by Crippen LogP contribution is 2.35. The van der Waals surface area contributed by atoms with Crippen molar-refractivity contribution in [1.82, 2.24) is 0 Å². The smallest absolute Gasteiger partial charge is 0.0940 e. The fourth-order valence-electron chi connectivity index (χ4n) is 1.38. The largest absolute Gasteiger partial charge is 0.130 e. The molecule has 4 heteroatoms. The standard InChI is InChI=1S/C10H8Cl2S2/c1-13-8-2-6-4-9(12)14-10(6)7(3-8)5-11/h2-4H,5H2,1H3. The van der Waals surface area contributed by atoms with Crippen LogP contribution in [0.15, 0.2) is 23.1 Å². The Bertz CT molecular complexity index is 462. The van der Waals surface area contributed by atoms with Crippen LogP contribution in [0.2, 0.25) is 4.34 Å². The average Bonchev–Trinajstić information content (AvgIpc) is 2.56. The van der Waals surface area contributed by atoms with Gasteiger partial charge >= 0.3 is 0 Å². The summed E-state index contributed by atoms with van der Waals surface area (Å²) in [4.78, 5) is 1.24. The summed E-state index contributed by atoms with van der Waals surface area (Å²) in [7, 11) is 0. The molecule has 0 N–H and O–H groups in total. The Morgan fingerprint density at radius 2 is 2.14 bits per heavy atom. The average molecular weight is 263 g/mol. The summed E-state index contributed by atoms with van der Waals surface area (Å²) in [6, 6.07) is 6.28.